The van der Waals surface area contributed by atoms with Crippen LogP contribution in [0.3, 0.4) is 0 Å². The van der Waals surface area contributed by atoms with Crippen molar-refractivity contribution >= 4 is 27.6 Å². The molecule has 0 amide bonds. The van der Waals surface area contributed by atoms with Crippen molar-refractivity contribution in [2.24, 2.45) is 0 Å². The minimum absolute atomic E-state index is 0.0612. The molecular weight excluding hydrogens is 493 g/mol. The summed E-state index contributed by atoms with van der Waals surface area (Å²) in [5.74, 6) is -4.77. The van der Waals surface area contributed by atoms with E-state index < -0.39 is 50.0 Å². The second kappa shape index (κ2) is 9.57. The standard InChI is InChI=1S/C21H21ClFN3O7S/c1-9-5-6-14(23)16(10(9)2)11(3)17(19-24-25-21(29)33-19)26-34(30,31)18-13(20(27)28)7-12(22)8-15(18)32-4/h5-8,11,17,26H,1-4H3,(H,25,29)(H,27,28)/t11?,17-/m0/s1. The van der Waals surface area contributed by atoms with Gasteiger partial charge in [-0.05, 0) is 42.7 Å². The number of aromatic amines is 1. The number of benzene rings is 2. The van der Waals surface area contributed by atoms with Crippen LogP contribution in [0, 0.1) is 19.7 Å². The monoisotopic (exact) mass is 513 g/mol. The van der Waals surface area contributed by atoms with Crippen molar-refractivity contribution in [3.63, 3.8) is 0 Å². The summed E-state index contributed by atoms with van der Waals surface area (Å²) < 4.78 is 54.1. The first kappa shape index (κ1) is 25.4. The number of sulfonamides is 1. The number of hydrogen-bond donors (Lipinski definition) is 3. The summed E-state index contributed by atoms with van der Waals surface area (Å²) >= 11 is 5.92. The molecule has 34 heavy (non-hydrogen) atoms. The number of halogens is 2. The molecule has 0 spiro atoms. The molecule has 10 nitrogen and oxygen atoms in total. The first-order valence-electron chi connectivity index (χ1n) is 9.81. The molecule has 0 radical (unpaired) electrons. The van der Waals surface area contributed by atoms with Crippen LogP contribution in [0.4, 0.5) is 4.39 Å². The van der Waals surface area contributed by atoms with E-state index in [9.17, 15) is 27.5 Å². The first-order chi connectivity index (χ1) is 15.9. The van der Waals surface area contributed by atoms with Gasteiger partial charge in [0.05, 0.1) is 12.7 Å². The summed E-state index contributed by atoms with van der Waals surface area (Å²) in [5.41, 5.74) is 0.829. The van der Waals surface area contributed by atoms with E-state index in [4.69, 9.17) is 20.8 Å². The second-order valence-corrected chi connectivity index (χ2v) is 9.62. The number of rotatable bonds is 8. The zero-order valence-electron chi connectivity index (χ0n) is 18.5. The molecule has 3 rings (SSSR count). The van der Waals surface area contributed by atoms with Crippen molar-refractivity contribution in [1.82, 2.24) is 14.9 Å². The van der Waals surface area contributed by atoms with Gasteiger partial charge in [-0.1, -0.05) is 24.6 Å². The van der Waals surface area contributed by atoms with Crippen molar-refractivity contribution in [3.8, 4) is 5.75 Å². The predicted molar refractivity (Wildman–Crippen MR) is 119 cm³/mol. The predicted octanol–water partition coefficient (Wildman–Crippen LogP) is 3.30. The van der Waals surface area contributed by atoms with Crippen LogP contribution < -0.4 is 15.2 Å². The van der Waals surface area contributed by atoms with Gasteiger partial charge >= 0.3 is 11.7 Å². The Hall–Kier alpha value is -3.22. The highest BCUT2D eigenvalue weighted by molar-refractivity contribution is 7.89. The molecule has 3 aromatic rings. The van der Waals surface area contributed by atoms with Crippen LogP contribution in [0.2, 0.25) is 5.02 Å². The summed E-state index contributed by atoms with van der Waals surface area (Å²) in [4.78, 5) is 22.7. The average Bonchev–Trinajstić information content (AvgIpc) is 3.19. The summed E-state index contributed by atoms with van der Waals surface area (Å²) in [5, 5.41) is 15.3. The Balaban J connectivity index is 2.21. The number of aromatic carboxylic acids is 1. The number of carboxylic acid groups (broad SMARTS) is 1. The largest absolute Gasteiger partial charge is 0.495 e. The van der Waals surface area contributed by atoms with Gasteiger partial charge < -0.3 is 14.3 Å². The fourth-order valence-corrected chi connectivity index (χ4v) is 5.46. The molecule has 0 aliphatic heterocycles. The number of H-pyrrole nitrogens is 1. The van der Waals surface area contributed by atoms with Crippen molar-refractivity contribution in [2.45, 2.75) is 37.6 Å². The van der Waals surface area contributed by atoms with Crippen LogP contribution in [0.25, 0.3) is 0 Å². The average molecular weight is 514 g/mol. The lowest BCUT2D eigenvalue weighted by atomic mass is 9.88. The number of hydrogen-bond acceptors (Lipinski definition) is 7. The molecule has 1 aromatic heterocycles. The van der Waals surface area contributed by atoms with Crippen molar-refractivity contribution in [2.75, 3.05) is 7.11 Å². The minimum Gasteiger partial charge on any atom is -0.495 e. The van der Waals surface area contributed by atoms with Gasteiger partial charge in [-0.3, -0.25) is 0 Å². The van der Waals surface area contributed by atoms with Crippen LogP contribution >= 0.6 is 11.6 Å². The highest BCUT2D eigenvalue weighted by Crippen LogP contribution is 2.37. The van der Waals surface area contributed by atoms with E-state index in [1.165, 1.54) is 13.0 Å². The third-order valence-corrected chi connectivity index (χ3v) is 7.17. The van der Waals surface area contributed by atoms with Gasteiger partial charge in [0, 0.05) is 17.0 Å². The van der Waals surface area contributed by atoms with Gasteiger partial charge in [-0.25, -0.2) is 27.5 Å². The van der Waals surface area contributed by atoms with Crippen LogP contribution in [-0.2, 0) is 10.0 Å². The lowest BCUT2D eigenvalue weighted by Crippen LogP contribution is -2.34. The number of nitrogens with zero attached hydrogens (tertiary/aromatic N) is 1. The lowest BCUT2D eigenvalue weighted by molar-refractivity contribution is 0.0691. The van der Waals surface area contributed by atoms with Crippen molar-refractivity contribution in [3.05, 3.63) is 73.8 Å². The molecule has 0 aliphatic carbocycles. The topological polar surface area (TPSA) is 152 Å². The molecule has 1 unspecified atom stereocenters. The smallest absolute Gasteiger partial charge is 0.434 e. The molecule has 0 aliphatic rings. The number of aromatic nitrogens is 2. The van der Waals surface area contributed by atoms with E-state index in [1.807, 2.05) is 5.10 Å². The Morgan fingerprint density at radius 1 is 1.32 bits per heavy atom. The summed E-state index contributed by atoms with van der Waals surface area (Å²) in [6.45, 7) is 4.95. The Bertz CT molecular complexity index is 1420. The Morgan fingerprint density at radius 3 is 2.56 bits per heavy atom. The van der Waals surface area contributed by atoms with E-state index in [0.717, 1.165) is 24.8 Å². The number of carboxylic acids is 1. The lowest BCUT2D eigenvalue weighted by Gasteiger charge is -2.25. The Labute approximate surface area is 198 Å². The van der Waals surface area contributed by atoms with Gasteiger partial charge in [0.25, 0.3) is 0 Å². The van der Waals surface area contributed by atoms with E-state index in [-0.39, 0.29) is 22.2 Å². The fraction of sp³-hybridized carbons (Fsp3) is 0.286. The third-order valence-electron chi connectivity index (χ3n) is 5.43. The molecule has 0 fully saturated rings. The summed E-state index contributed by atoms with van der Waals surface area (Å²) in [7, 11) is -3.53. The minimum atomic E-state index is -4.68. The van der Waals surface area contributed by atoms with E-state index in [2.05, 4.69) is 9.82 Å². The van der Waals surface area contributed by atoms with Gasteiger partial charge in [0.1, 0.15) is 22.5 Å². The van der Waals surface area contributed by atoms with Gasteiger partial charge in [-0.15, -0.1) is 5.10 Å². The summed E-state index contributed by atoms with van der Waals surface area (Å²) in [6, 6.07) is 3.51. The summed E-state index contributed by atoms with van der Waals surface area (Å²) in [6.07, 6.45) is 0. The molecule has 0 bridgehead atoms. The number of nitrogens with one attached hydrogen (secondary N) is 2. The Kier molecular flexibility index (Phi) is 7.15. The van der Waals surface area contributed by atoms with Crippen molar-refractivity contribution in [1.29, 1.82) is 0 Å². The quantitative estimate of drug-likeness (QED) is 0.415. The van der Waals surface area contributed by atoms with Gasteiger partial charge in [0.2, 0.25) is 15.9 Å². The normalized spacial score (nSPS) is 13.5. The van der Waals surface area contributed by atoms with E-state index in [1.54, 1.807) is 19.9 Å². The Morgan fingerprint density at radius 2 is 2.00 bits per heavy atom. The maximum Gasteiger partial charge on any atom is 0.434 e. The van der Waals surface area contributed by atoms with Crippen molar-refractivity contribution < 1.29 is 31.9 Å². The molecule has 0 saturated heterocycles. The van der Waals surface area contributed by atoms with Crippen LogP contribution in [0.5, 0.6) is 5.75 Å². The highest BCUT2D eigenvalue weighted by Gasteiger charge is 2.36. The zero-order chi connectivity index (χ0) is 25.4. The van der Waals surface area contributed by atoms with E-state index >= 15 is 0 Å². The van der Waals surface area contributed by atoms with Gasteiger partial charge in [-0.2, -0.15) is 4.72 Å². The maximum absolute atomic E-state index is 14.8. The van der Waals surface area contributed by atoms with Crippen LogP contribution in [0.15, 0.2) is 38.4 Å². The zero-order valence-corrected chi connectivity index (χ0v) is 20.0. The van der Waals surface area contributed by atoms with Crippen LogP contribution in [0.1, 0.15) is 51.8 Å². The fourth-order valence-electron chi connectivity index (χ4n) is 3.65. The number of ether oxygens (including phenoxy) is 1. The third kappa shape index (κ3) is 4.83. The van der Waals surface area contributed by atoms with E-state index in [0.29, 0.717) is 5.56 Å². The van der Waals surface area contributed by atoms with Crippen LogP contribution in [-0.4, -0.2) is 36.8 Å². The molecule has 13 heteroatoms. The highest BCUT2D eigenvalue weighted by atomic mass is 35.5. The molecule has 1 heterocycles. The van der Waals surface area contributed by atoms with Gasteiger partial charge in [0.15, 0.2) is 0 Å². The molecule has 0 saturated carbocycles. The molecular formula is C21H21ClFN3O7S. The first-order valence-corrected chi connectivity index (χ1v) is 11.7. The molecule has 182 valence electrons. The number of aryl methyl sites for hydroxylation is 1. The second-order valence-electron chi connectivity index (χ2n) is 7.53. The SMILES string of the molecule is COc1cc(Cl)cc(C(=O)O)c1S(=O)(=O)N[C@H](c1n[nH]c(=O)o1)C(C)c1c(F)ccc(C)c1C. The maximum atomic E-state index is 14.8. The molecule has 2 atom stereocenters. The number of carbonyl (C=O) groups is 1. The molecule has 3 N–H and O–H groups in total. The molecule has 2 aromatic carbocycles. The number of methoxy groups -OCH3 is 1.